The lowest BCUT2D eigenvalue weighted by molar-refractivity contribution is -0.00554. The number of rotatable bonds is 4. The first-order chi connectivity index (χ1) is 9.61. The van der Waals surface area contributed by atoms with Gasteiger partial charge in [0, 0.05) is 18.7 Å². The van der Waals surface area contributed by atoms with Gasteiger partial charge in [0.05, 0.1) is 23.8 Å². The zero-order chi connectivity index (χ0) is 14.5. The lowest BCUT2D eigenvalue weighted by Gasteiger charge is -2.32. The molecule has 0 atom stereocenters. The smallest absolute Gasteiger partial charge is 0.253 e. The van der Waals surface area contributed by atoms with E-state index in [1.807, 2.05) is 0 Å². The number of likely N-dealkylation sites (tertiary alicyclic amines) is 1. The van der Waals surface area contributed by atoms with Crippen LogP contribution in [0.25, 0.3) is 0 Å². The van der Waals surface area contributed by atoms with Gasteiger partial charge in [-0.15, -0.1) is 0 Å². The first-order valence-electron chi connectivity index (χ1n) is 6.62. The highest BCUT2D eigenvalue weighted by molar-refractivity contribution is 9.10. The monoisotopic (exact) mass is 343 g/mol. The van der Waals surface area contributed by atoms with Crippen LogP contribution in [0.2, 0.25) is 0 Å². The molecule has 1 aliphatic rings. The van der Waals surface area contributed by atoms with Gasteiger partial charge in [0.2, 0.25) is 0 Å². The number of phenols is 1. The molecule has 0 aliphatic carbocycles. The van der Waals surface area contributed by atoms with Crippen molar-refractivity contribution in [2.45, 2.75) is 18.9 Å². The quantitative estimate of drug-likeness (QED) is 0.874. The number of aromatic hydroxyl groups is 1. The van der Waals surface area contributed by atoms with Crippen molar-refractivity contribution < 1.29 is 19.7 Å². The van der Waals surface area contributed by atoms with Crippen LogP contribution in [0.1, 0.15) is 23.2 Å². The molecule has 0 radical (unpaired) electrons. The predicted molar refractivity (Wildman–Crippen MR) is 77.8 cm³/mol. The van der Waals surface area contributed by atoms with Gasteiger partial charge in [0.15, 0.2) is 0 Å². The highest BCUT2D eigenvalue weighted by atomic mass is 79.9. The van der Waals surface area contributed by atoms with E-state index in [1.165, 1.54) is 6.07 Å². The average molecular weight is 344 g/mol. The van der Waals surface area contributed by atoms with E-state index in [2.05, 4.69) is 15.9 Å². The Morgan fingerprint density at radius 2 is 2.10 bits per heavy atom. The number of aliphatic hydroxyl groups excluding tert-OH is 1. The van der Waals surface area contributed by atoms with Crippen molar-refractivity contribution in [2.24, 2.45) is 0 Å². The number of halogens is 1. The molecule has 1 aliphatic heterocycles. The van der Waals surface area contributed by atoms with Crippen LogP contribution in [-0.4, -0.2) is 53.4 Å². The first kappa shape index (κ1) is 15.3. The number of ether oxygens (including phenoxy) is 1. The van der Waals surface area contributed by atoms with Crippen LogP contribution in [0.5, 0.6) is 5.75 Å². The minimum absolute atomic E-state index is 0.0251. The lowest BCUT2D eigenvalue weighted by Crippen LogP contribution is -2.41. The van der Waals surface area contributed by atoms with Gasteiger partial charge in [-0.25, -0.2) is 0 Å². The zero-order valence-corrected chi connectivity index (χ0v) is 12.7. The first-order valence-corrected chi connectivity index (χ1v) is 7.41. The van der Waals surface area contributed by atoms with Gasteiger partial charge in [-0.1, -0.05) is 0 Å². The van der Waals surface area contributed by atoms with Crippen molar-refractivity contribution in [1.29, 1.82) is 0 Å². The molecule has 0 spiro atoms. The average Bonchev–Trinajstić information content (AvgIpc) is 2.48. The van der Waals surface area contributed by atoms with Crippen LogP contribution >= 0.6 is 15.9 Å². The van der Waals surface area contributed by atoms with E-state index < -0.39 is 0 Å². The third-order valence-electron chi connectivity index (χ3n) is 3.37. The van der Waals surface area contributed by atoms with Gasteiger partial charge in [0.25, 0.3) is 5.91 Å². The molecule has 1 amide bonds. The molecule has 0 aromatic heterocycles. The largest absolute Gasteiger partial charge is 0.507 e. The zero-order valence-electron chi connectivity index (χ0n) is 11.1. The fourth-order valence-electron chi connectivity index (χ4n) is 2.27. The van der Waals surface area contributed by atoms with Gasteiger partial charge in [-0.2, -0.15) is 0 Å². The summed E-state index contributed by atoms with van der Waals surface area (Å²) in [6.45, 7) is 1.63. The van der Waals surface area contributed by atoms with E-state index in [-0.39, 0.29) is 24.4 Å². The summed E-state index contributed by atoms with van der Waals surface area (Å²) in [5, 5.41) is 18.3. The SMILES string of the molecule is O=C(c1ccc(Br)c(O)c1)N1CCC(OCCO)CC1. The second-order valence-corrected chi connectivity index (χ2v) is 5.61. The van der Waals surface area contributed by atoms with Crippen molar-refractivity contribution in [2.75, 3.05) is 26.3 Å². The van der Waals surface area contributed by atoms with Gasteiger partial charge in [-0.3, -0.25) is 4.79 Å². The molecule has 0 unspecified atom stereocenters. The van der Waals surface area contributed by atoms with Gasteiger partial charge >= 0.3 is 0 Å². The minimum atomic E-state index is -0.0755. The van der Waals surface area contributed by atoms with E-state index in [4.69, 9.17) is 9.84 Å². The van der Waals surface area contributed by atoms with Crippen molar-refractivity contribution >= 4 is 21.8 Å². The molecule has 0 saturated carbocycles. The molecule has 1 heterocycles. The molecule has 20 heavy (non-hydrogen) atoms. The number of benzene rings is 1. The van der Waals surface area contributed by atoms with Gasteiger partial charge < -0.3 is 19.8 Å². The molecule has 2 rings (SSSR count). The van der Waals surface area contributed by atoms with Crippen molar-refractivity contribution in [3.05, 3.63) is 28.2 Å². The number of carbonyl (C=O) groups excluding carboxylic acids is 1. The number of piperidine rings is 1. The molecule has 1 aromatic carbocycles. The number of hydrogen-bond donors (Lipinski definition) is 2. The number of carbonyl (C=O) groups is 1. The molecule has 1 aromatic rings. The normalized spacial score (nSPS) is 16.4. The summed E-state index contributed by atoms with van der Waals surface area (Å²) in [4.78, 5) is 14.1. The Kier molecular flexibility index (Phi) is 5.39. The topological polar surface area (TPSA) is 70.0 Å². The Morgan fingerprint density at radius 3 is 2.70 bits per heavy atom. The van der Waals surface area contributed by atoms with E-state index in [1.54, 1.807) is 17.0 Å². The standard InChI is InChI=1S/C14H18BrNO4/c15-12-2-1-10(9-13(12)18)14(19)16-5-3-11(4-6-16)20-8-7-17/h1-2,9,11,17-18H,3-8H2. The molecule has 110 valence electrons. The second-order valence-electron chi connectivity index (χ2n) is 4.75. The Hall–Kier alpha value is -1.11. The number of aliphatic hydroxyl groups is 1. The van der Waals surface area contributed by atoms with Crippen LogP contribution in [0.15, 0.2) is 22.7 Å². The van der Waals surface area contributed by atoms with E-state index in [0.717, 1.165) is 12.8 Å². The molecule has 5 nitrogen and oxygen atoms in total. The third-order valence-corrected chi connectivity index (χ3v) is 4.04. The highest BCUT2D eigenvalue weighted by Gasteiger charge is 2.24. The highest BCUT2D eigenvalue weighted by Crippen LogP contribution is 2.25. The summed E-state index contributed by atoms with van der Waals surface area (Å²) in [6.07, 6.45) is 1.66. The Labute approximate surface area is 126 Å². The molecule has 0 bridgehead atoms. The Balaban J connectivity index is 1.92. The van der Waals surface area contributed by atoms with Gasteiger partial charge in [0.1, 0.15) is 5.75 Å². The number of phenolic OH excluding ortho intramolecular Hbond substituents is 1. The van der Waals surface area contributed by atoms with Crippen LogP contribution in [0, 0.1) is 0 Å². The van der Waals surface area contributed by atoms with E-state index in [0.29, 0.717) is 29.7 Å². The molecular formula is C14H18BrNO4. The predicted octanol–water partition coefficient (Wildman–Crippen LogP) is 1.77. The Morgan fingerprint density at radius 1 is 1.40 bits per heavy atom. The number of hydrogen-bond acceptors (Lipinski definition) is 4. The molecule has 1 fully saturated rings. The fourth-order valence-corrected chi connectivity index (χ4v) is 2.52. The summed E-state index contributed by atoms with van der Waals surface area (Å²) in [5.41, 5.74) is 0.487. The third kappa shape index (κ3) is 3.71. The molecule has 2 N–H and O–H groups in total. The van der Waals surface area contributed by atoms with Crippen LogP contribution in [0.3, 0.4) is 0 Å². The number of nitrogens with zero attached hydrogens (tertiary/aromatic N) is 1. The van der Waals surface area contributed by atoms with Crippen molar-refractivity contribution in [3.8, 4) is 5.75 Å². The van der Waals surface area contributed by atoms with Gasteiger partial charge in [-0.05, 0) is 47.0 Å². The summed E-state index contributed by atoms with van der Waals surface area (Å²) < 4.78 is 6.04. The molecule has 1 saturated heterocycles. The van der Waals surface area contributed by atoms with Crippen molar-refractivity contribution in [1.82, 2.24) is 4.90 Å². The maximum absolute atomic E-state index is 12.3. The fraction of sp³-hybridized carbons (Fsp3) is 0.500. The Bertz CT molecular complexity index is 472. The summed E-state index contributed by atoms with van der Waals surface area (Å²) in [6, 6.07) is 4.83. The van der Waals surface area contributed by atoms with E-state index >= 15 is 0 Å². The number of amides is 1. The second kappa shape index (κ2) is 7.06. The van der Waals surface area contributed by atoms with Crippen LogP contribution in [0.4, 0.5) is 0 Å². The van der Waals surface area contributed by atoms with Crippen LogP contribution < -0.4 is 0 Å². The summed E-state index contributed by atoms with van der Waals surface area (Å²) in [7, 11) is 0. The lowest BCUT2D eigenvalue weighted by atomic mass is 10.1. The summed E-state index contributed by atoms with van der Waals surface area (Å²) >= 11 is 3.19. The van der Waals surface area contributed by atoms with Crippen molar-refractivity contribution in [3.63, 3.8) is 0 Å². The van der Waals surface area contributed by atoms with E-state index in [9.17, 15) is 9.90 Å². The van der Waals surface area contributed by atoms with Crippen LogP contribution in [-0.2, 0) is 4.74 Å². The molecular weight excluding hydrogens is 326 g/mol. The molecule has 6 heteroatoms. The maximum atomic E-state index is 12.3. The summed E-state index contributed by atoms with van der Waals surface area (Å²) in [5.74, 6) is -0.00887. The maximum Gasteiger partial charge on any atom is 0.253 e. The minimum Gasteiger partial charge on any atom is -0.507 e.